The maximum absolute atomic E-state index is 13.2. The lowest BCUT2D eigenvalue weighted by Gasteiger charge is -2.14. The van der Waals surface area contributed by atoms with Gasteiger partial charge in [-0.3, -0.25) is 9.59 Å². The van der Waals surface area contributed by atoms with Gasteiger partial charge in [0.2, 0.25) is 0 Å². The minimum absolute atomic E-state index is 0.0862. The first-order valence-electron chi connectivity index (χ1n) is 21.5. The van der Waals surface area contributed by atoms with E-state index in [1.54, 1.807) is 18.2 Å². The van der Waals surface area contributed by atoms with E-state index in [2.05, 4.69) is 31.4 Å². The van der Waals surface area contributed by atoms with Gasteiger partial charge in [-0.1, -0.05) is 194 Å². The summed E-state index contributed by atoms with van der Waals surface area (Å²) in [5.41, 5.74) is 1.10. The maximum Gasteiger partial charge on any atom is 0.255 e. The molecule has 0 atom stereocenters. The topological polar surface area (TPSA) is 67.4 Å². The zero-order valence-corrected chi connectivity index (χ0v) is 32.8. The van der Waals surface area contributed by atoms with Crippen LogP contribution in [-0.2, 0) is 0 Å². The van der Waals surface area contributed by atoms with Crippen LogP contribution in [0.15, 0.2) is 18.2 Å². The zero-order valence-electron chi connectivity index (χ0n) is 32.8. The molecule has 0 unspecified atom stereocenters. The van der Waals surface area contributed by atoms with Gasteiger partial charge >= 0.3 is 0 Å². The Morgan fingerprint density at radius 2 is 0.796 bits per heavy atom. The number of ether oxygens (including phenoxy) is 1. The van der Waals surface area contributed by atoms with Crippen molar-refractivity contribution in [3.8, 4) is 5.75 Å². The summed E-state index contributed by atoms with van der Waals surface area (Å²) in [6.07, 6.45) is 38.3. The average molecular weight is 685 g/mol. The van der Waals surface area contributed by atoms with Gasteiger partial charge in [-0.2, -0.15) is 0 Å². The lowest BCUT2D eigenvalue weighted by molar-refractivity contribution is 0.0937. The standard InChI is InChI=1S/C44H80N2O3/c1-4-7-10-13-16-19-21-23-25-28-31-36-45-43(47)40-34-35-41(42(39-40)49-38-33-30-27-18-15-12-9-6-3)44(48)46-37-32-29-26-24-22-20-17-14-11-8-5-2/h34-35,39H,4-33,36-38H2,1-3H3,(H,45,47)(H,46,48). The predicted octanol–water partition coefficient (Wildman–Crippen LogP) is 13.3. The van der Waals surface area contributed by atoms with Crippen LogP contribution in [0.3, 0.4) is 0 Å². The largest absolute Gasteiger partial charge is 0.493 e. The highest BCUT2D eigenvalue weighted by molar-refractivity contribution is 6.00. The summed E-state index contributed by atoms with van der Waals surface area (Å²) >= 11 is 0. The van der Waals surface area contributed by atoms with E-state index in [0.717, 1.165) is 38.5 Å². The van der Waals surface area contributed by atoms with Gasteiger partial charge in [-0.25, -0.2) is 0 Å². The van der Waals surface area contributed by atoms with Crippen molar-refractivity contribution < 1.29 is 14.3 Å². The fourth-order valence-corrected chi connectivity index (χ4v) is 6.57. The van der Waals surface area contributed by atoms with E-state index in [4.69, 9.17) is 4.74 Å². The van der Waals surface area contributed by atoms with Crippen molar-refractivity contribution in [2.75, 3.05) is 19.7 Å². The molecule has 2 N–H and O–H groups in total. The van der Waals surface area contributed by atoms with Crippen molar-refractivity contribution in [1.29, 1.82) is 0 Å². The lowest BCUT2D eigenvalue weighted by atomic mass is 10.1. The molecule has 0 radical (unpaired) electrons. The number of benzene rings is 1. The fourth-order valence-electron chi connectivity index (χ4n) is 6.57. The van der Waals surface area contributed by atoms with E-state index in [1.807, 2.05) is 0 Å². The number of hydrogen-bond acceptors (Lipinski definition) is 3. The Bertz CT molecular complexity index is 902. The molecule has 0 saturated carbocycles. The summed E-state index contributed by atoms with van der Waals surface area (Å²) in [4.78, 5) is 26.2. The van der Waals surface area contributed by atoms with Crippen LogP contribution in [0.4, 0.5) is 0 Å². The number of carbonyl (C=O) groups excluding carboxylic acids is 2. The van der Waals surface area contributed by atoms with Crippen molar-refractivity contribution >= 4 is 11.8 Å². The molecule has 0 spiro atoms. The van der Waals surface area contributed by atoms with Gasteiger partial charge in [-0.15, -0.1) is 0 Å². The van der Waals surface area contributed by atoms with Crippen LogP contribution in [0.2, 0.25) is 0 Å². The van der Waals surface area contributed by atoms with Crippen molar-refractivity contribution in [1.82, 2.24) is 10.6 Å². The quantitative estimate of drug-likeness (QED) is 0.0691. The molecule has 5 nitrogen and oxygen atoms in total. The van der Waals surface area contributed by atoms with Crippen molar-refractivity contribution in [3.05, 3.63) is 29.3 Å². The smallest absolute Gasteiger partial charge is 0.255 e. The van der Waals surface area contributed by atoms with E-state index in [-0.39, 0.29) is 11.8 Å². The van der Waals surface area contributed by atoms with Crippen LogP contribution < -0.4 is 15.4 Å². The third kappa shape index (κ3) is 26.4. The van der Waals surface area contributed by atoms with E-state index in [0.29, 0.717) is 36.6 Å². The van der Waals surface area contributed by atoms with Crippen LogP contribution >= 0.6 is 0 Å². The number of rotatable bonds is 36. The van der Waals surface area contributed by atoms with Crippen LogP contribution in [0.25, 0.3) is 0 Å². The first-order chi connectivity index (χ1) is 24.1. The highest BCUT2D eigenvalue weighted by atomic mass is 16.5. The molecule has 0 aromatic heterocycles. The summed E-state index contributed by atoms with van der Waals surface area (Å²) in [5, 5.41) is 6.21. The number of amides is 2. The highest BCUT2D eigenvalue weighted by Gasteiger charge is 2.16. The minimum Gasteiger partial charge on any atom is -0.493 e. The van der Waals surface area contributed by atoms with E-state index >= 15 is 0 Å². The van der Waals surface area contributed by atoms with Crippen LogP contribution in [0, 0.1) is 0 Å². The van der Waals surface area contributed by atoms with Gasteiger partial charge in [0.1, 0.15) is 5.75 Å². The first kappa shape index (κ1) is 45.0. The summed E-state index contributed by atoms with van der Waals surface area (Å²) in [5.74, 6) is 0.338. The Morgan fingerprint density at radius 1 is 0.449 bits per heavy atom. The molecule has 1 rings (SSSR count). The first-order valence-corrected chi connectivity index (χ1v) is 21.5. The Labute approximate surface area is 304 Å². The Morgan fingerprint density at radius 3 is 1.20 bits per heavy atom. The molecule has 284 valence electrons. The van der Waals surface area contributed by atoms with Gasteiger partial charge in [0.25, 0.3) is 11.8 Å². The zero-order chi connectivity index (χ0) is 35.5. The van der Waals surface area contributed by atoms with Gasteiger partial charge in [0, 0.05) is 18.7 Å². The van der Waals surface area contributed by atoms with Crippen LogP contribution in [0.5, 0.6) is 5.75 Å². The van der Waals surface area contributed by atoms with Crippen LogP contribution in [-0.4, -0.2) is 31.5 Å². The number of unbranched alkanes of at least 4 members (excludes halogenated alkanes) is 27. The Balaban J connectivity index is 2.46. The molecule has 1 aromatic carbocycles. The highest BCUT2D eigenvalue weighted by Crippen LogP contribution is 2.22. The number of nitrogens with one attached hydrogen (secondary N) is 2. The predicted molar refractivity (Wildman–Crippen MR) is 212 cm³/mol. The average Bonchev–Trinajstić information content (AvgIpc) is 3.11. The molecule has 0 aliphatic carbocycles. The molecule has 0 fully saturated rings. The molecule has 0 bridgehead atoms. The molecule has 5 heteroatoms. The molecule has 49 heavy (non-hydrogen) atoms. The van der Waals surface area contributed by atoms with E-state index < -0.39 is 0 Å². The summed E-state index contributed by atoms with van der Waals surface area (Å²) in [6, 6.07) is 5.32. The van der Waals surface area contributed by atoms with Gasteiger partial charge in [0.05, 0.1) is 12.2 Å². The Hall–Kier alpha value is -2.04. The molecular weight excluding hydrogens is 604 g/mol. The van der Waals surface area contributed by atoms with Gasteiger partial charge in [-0.05, 0) is 37.5 Å². The third-order valence-corrected chi connectivity index (χ3v) is 9.88. The normalized spacial score (nSPS) is 11.2. The second kappa shape index (κ2) is 34.4. The van der Waals surface area contributed by atoms with Crippen LogP contribution in [0.1, 0.15) is 234 Å². The van der Waals surface area contributed by atoms with Gasteiger partial charge < -0.3 is 15.4 Å². The Kier molecular flexibility index (Phi) is 31.6. The van der Waals surface area contributed by atoms with E-state index in [9.17, 15) is 9.59 Å². The molecule has 0 aliphatic heterocycles. The SMILES string of the molecule is CCCCCCCCCCCCCNC(=O)c1ccc(C(=O)NCCCCCCCCCCCCC)c(OCCCCCCCCCC)c1. The minimum atomic E-state index is -0.106. The monoisotopic (exact) mass is 685 g/mol. The summed E-state index contributed by atoms with van der Waals surface area (Å²) < 4.78 is 6.18. The molecule has 1 aromatic rings. The fraction of sp³-hybridized carbons (Fsp3) is 0.818. The van der Waals surface area contributed by atoms with Gasteiger partial charge in [0.15, 0.2) is 0 Å². The van der Waals surface area contributed by atoms with Crippen molar-refractivity contribution in [2.45, 2.75) is 213 Å². The molecule has 0 saturated heterocycles. The van der Waals surface area contributed by atoms with Crippen molar-refractivity contribution in [2.24, 2.45) is 0 Å². The number of carbonyl (C=O) groups is 2. The molecular formula is C44H80N2O3. The lowest BCUT2D eigenvalue weighted by Crippen LogP contribution is -2.26. The third-order valence-electron chi connectivity index (χ3n) is 9.88. The number of hydrogen-bond donors (Lipinski definition) is 2. The summed E-state index contributed by atoms with van der Waals surface area (Å²) in [6.45, 7) is 8.72. The summed E-state index contributed by atoms with van der Waals surface area (Å²) in [7, 11) is 0. The van der Waals surface area contributed by atoms with E-state index in [1.165, 1.54) is 154 Å². The van der Waals surface area contributed by atoms with Crippen molar-refractivity contribution in [3.63, 3.8) is 0 Å². The second-order valence-electron chi connectivity index (χ2n) is 14.6. The molecule has 0 heterocycles. The maximum atomic E-state index is 13.2. The second-order valence-corrected chi connectivity index (χ2v) is 14.6. The molecule has 2 amide bonds. The molecule has 0 aliphatic rings.